The molecule has 1 fully saturated rings. The summed E-state index contributed by atoms with van der Waals surface area (Å²) in [6.45, 7) is 3.90. The molecule has 1 unspecified atom stereocenters. The molecule has 7 nitrogen and oxygen atoms in total. The van der Waals surface area contributed by atoms with Crippen molar-refractivity contribution in [3.8, 4) is 0 Å². The fourth-order valence-corrected chi connectivity index (χ4v) is 6.33. The zero-order valence-electron chi connectivity index (χ0n) is 19.0. The summed E-state index contributed by atoms with van der Waals surface area (Å²) in [6.07, 6.45) is 8.24. The van der Waals surface area contributed by atoms with Crippen molar-refractivity contribution in [3.63, 3.8) is 0 Å². The van der Waals surface area contributed by atoms with E-state index in [9.17, 15) is 13.2 Å². The molecule has 1 aromatic carbocycles. The van der Waals surface area contributed by atoms with Crippen LogP contribution in [0, 0.1) is 0 Å². The van der Waals surface area contributed by atoms with Gasteiger partial charge in [0.2, 0.25) is 10.0 Å². The number of carbonyl (C=O) groups is 1. The van der Waals surface area contributed by atoms with Gasteiger partial charge in [-0.05, 0) is 108 Å². The summed E-state index contributed by atoms with van der Waals surface area (Å²) in [5, 5.41) is 2.28. The van der Waals surface area contributed by atoms with Gasteiger partial charge in [-0.2, -0.15) is 0 Å². The van der Waals surface area contributed by atoms with Crippen LogP contribution in [0.15, 0.2) is 6.07 Å². The SMILES string of the molecule is CC(CN1CCC(N(C)C)CC1)S(=O)(=O)NC(=O)Nc1c2c(cc3c1CCC3)CCC2. The lowest BCUT2D eigenvalue weighted by atomic mass is 9.99. The molecule has 31 heavy (non-hydrogen) atoms. The second-order valence-electron chi connectivity index (χ2n) is 9.64. The van der Waals surface area contributed by atoms with Crippen LogP contribution in [0.5, 0.6) is 0 Å². The minimum absolute atomic E-state index is 0.443. The summed E-state index contributed by atoms with van der Waals surface area (Å²) >= 11 is 0. The largest absolute Gasteiger partial charge is 0.332 e. The maximum atomic E-state index is 12.8. The van der Waals surface area contributed by atoms with Crippen LogP contribution in [0.25, 0.3) is 0 Å². The number of carbonyl (C=O) groups excluding carboxylic acids is 1. The van der Waals surface area contributed by atoms with E-state index in [1.165, 1.54) is 22.3 Å². The Morgan fingerprint density at radius 1 is 1.10 bits per heavy atom. The van der Waals surface area contributed by atoms with Gasteiger partial charge in [0, 0.05) is 18.3 Å². The quantitative estimate of drug-likeness (QED) is 0.699. The van der Waals surface area contributed by atoms with Crippen molar-refractivity contribution in [2.45, 2.75) is 69.6 Å². The molecule has 0 bridgehead atoms. The molecule has 1 saturated heterocycles. The first-order valence-corrected chi connectivity index (χ1v) is 13.2. The number of piperidine rings is 1. The maximum absolute atomic E-state index is 12.8. The van der Waals surface area contributed by atoms with Gasteiger partial charge in [-0.3, -0.25) is 0 Å². The van der Waals surface area contributed by atoms with E-state index in [-0.39, 0.29) is 0 Å². The molecule has 2 aliphatic carbocycles. The zero-order chi connectivity index (χ0) is 22.2. The van der Waals surface area contributed by atoms with E-state index in [1.807, 2.05) is 0 Å². The van der Waals surface area contributed by atoms with Crippen molar-refractivity contribution < 1.29 is 13.2 Å². The fraction of sp³-hybridized carbons (Fsp3) is 0.696. The second-order valence-corrected chi connectivity index (χ2v) is 11.7. The lowest BCUT2D eigenvalue weighted by Gasteiger charge is -2.36. The molecule has 8 heteroatoms. The number of urea groups is 1. The van der Waals surface area contributed by atoms with Gasteiger partial charge >= 0.3 is 6.03 Å². The van der Waals surface area contributed by atoms with Crippen molar-refractivity contribution in [1.82, 2.24) is 14.5 Å². The summed E-state index contributed by atoms with van der Waals surface area (Å²) in [4.78, 5) is 17.2. The number of benzene rings is 1. The van der Waals surface area contributed by atoms with Crippen molar-refractivity contribution in [3.05, 3.63) is 28.3 Å². The zero-order valence-corrected chi connectivity index (χ0v) is 19.9. The number of aryl methyl sites for hydroxylation is 2. The number of hydrogen-bond donors (Lipinski definition) is 2. The van der Waals surface area contributed by atoms with Crippen LogP contribution in [0.4, 0.5) is 10.5 Å². The van der Waals surface area contributed by atoms with Crippen LogP contribution in [0.3, 0.4) is 0 Å². The molecule has 0 aromatic heterocycles. The van der Waals surface area contributed by atoms with Crippen molar-refractivity contribution in [1.29, 1.82) is 0 Å². The van der Waals surface area contributed by atoms with Crippen LogP contribution in [-0.2, 0) is 35.7 Å². The van der Waals surface area contributed by atoms with E-state index in [0.29, 0.717) is 12.6 Å². The summed E-state index contributed by atoms with van der Waals surface area (Å²) in [5.74, 6) is 0. The van der Waals surface area contributed by atoms with Gasteiger partial charge in [0.15, 0.2) is 0 Å². The van der Waals surface area contributed by atoms with Gasteiger partial charge < -0.3 is 15.1 Å². The smallest absolute Gasteiger partial charge is 0.307 e. The molecule has 3 aliphatic rings. The number of likely N-dealkylation sites (tertiary alicyclic amines) is 1. The Kier molecular flexibility index (Phi) is 6.60. The highest BCUT2D eigenvalue weighted by molar-refractivity contribution is 7.90. The van der Waals surface area contributed by atoms with E-state index < -0.39 is 21.3 Å². The molecule has 0 saturated carbocycles. The van der Waals surface area contributed by atoms with Gasteiger partial charge in [-0.1, -0.05) is 6.07 Å². The van der Waals surface area contributed by atoms with E-state index in [2.05, 4.69) is 40.0 Å². The fourth-order valence-electron chi connectivity index (χ4n) is 5.42. The normalized spacial score (nSPS) is 20.5. The highest BCUT2D eigenvalue weighted by Crippen LogP contribution is 2.38. The second kappa shape index (κ2) is 9.08. The highest BCUT2D eigenvalue weighted by atomic mass is 32.2. The highest BCUT2D eigenvalue weighted by Gasteiger charge is 2.30. The van der Waals surface area contributed by atoms with Crippen molar-refractivity contribution >= 4 is 21.7 Å². The average molecular weight is 449 g/mol. The van der Waals surface area contributed by atoms with Gasteiger partial charge in [-0.15, -0.1) is 0 Å². The molecule has 2 N–H and O–H groups in total. The monoisotopic (exact) mass is 448 g/mol. The first-order chi connectivity index (χ1) is 14.7. The third-order valence-corrected chi connectivity index (χ3v) is 8.96. The molecule has 2 amide bonds. The van der Waals surface area contributed by atoms with Gasteiger partial charge in [0.1, 0.15) is 0 Å². The van der Waals surface area contributed by atoms with E-state index in [0.717, 1.165) is 70.1 Å². The van der Waals surface area contributed by atoms with Crippen molar-refractivity contribution in [2.75, 3.05) is 39.0 Å². The molecule has 1 aromatic rings. The first-order valence-electron chi connectivity index (χ1n) is 11.6. The molecule has 1 aliphatic heterocycles. The van der Waals surface area contributed by atoms with Crippen LogP contribution in [0.2, 0.25) is 0 Å². The Morgan fingerprint density at radius 2 is 1.68 bits per heavy atom. The minimum Gasteiger partial charge on any atom is -0.307 e. The molecule has 4 rings (SSSR count). The number of amides is 2. The van der Waals surface area contributed by atoms with E-state index >= 15 is 0 Å². The molecular weight excluding hydrogens is 412 g/mol. The van der Waals surface area contributed by atoms with Gasteiger partial charge in [0.25, 0.3) is 0 Å². The molecule has 0 spiro atoms. The Hall–Kier alpha value is -1.64. The number of fused-ring (bicyclic) bond motifs is 2. The molecule has 1 atom stereocenters. The van der Waals surface area contributed by atoms with Crippen LogP contribution in [0.1, 0.15) is 54.9 Å². The van der Waals surface area contributed by atoms with E-state index in [1.54, 1.807) is 6.92 Å². The van der Waals surface area contributed by atoms with Crippen LogP contribution in [-0.4, -0.2) is 69.3 Å². The molecule has 172 valence electrons. The third kappa shape index (κ3) is 4.91. The number of nitrogens with one attached hydrogen (secondary N) is 2. The van der Waals surface area contributed by atoms with Gasteiger partial charge in [-0.25, -0.2) is 17.9 Å². The maximum Gasteiger partial charge on any atom is 0.332 e. The van der Waals surface area contributed by atoms with E-state index in [4.69, 9.17) is 0 Å². The number of rotatable bonds is 6. The average Bonchev–Trinajstić information content (AvgIpc) is 3.37. The number of nitrogens with zero attached hydrogens (tertiary/aromatic N) is 2. The summed E-state index contributed by atoms with van der Waals surface area (Å²) in [6, 6.07) is 2.22. The Bertz CT molecular complexity index is 904. The third-order valence-electron chi connectivity index (χ3n) is 7.28. The molecule has 0 radical (unpaired) electrons. The lowest BCUT2D eigenvalue weighted by Crippen LogP contribution is -2.48. The summed E-state index contributed by atoms with van der Waals surface area (Å²) < 4.78 is 28.0. The Morgan fingerprint density at radius 3 is 2.23 bits per heavy atom. The number of sulfonamides is 1. The minimum atomic E-state index is -3.75. The van der Waals surface area contributed by atoms with Crippen LogP contribution >= 0.6 is 0 Å². The lowest BCUT2D eigenvalue weighted by molar-refractivity contribution is 0.145. The van der Waals surface area contributed by atoms with Crippen molar-refractivity contribution in [2.24, 2.45) is 0 Å². The van der Waals surface area contributed by atoms with Gasteiger partial charge in [0.05, 0.1) is 5.25 Å². The topological polar surface area (TPSA) is 81.8 Å². The molecular formula is C23H36N4O3S. The van der Waals surface area contributed by atoms with Crippen LogP contribution < -0.4 is 10.0 Å². The summed E-state index contributed by atoms with van der Waals surface area (Å²) in [5.41, 5.74) is 5.89. The Balaban J connectivity index is 1.38. The predicted molar refractivity (Wildman–Crippen MR) is 124 cm³/mol. The first kappa shape index (κ1) is 22.6. The number of hydrogen-bond acceptors (Lipinski definition) is 5. The number of anilines is 1. The predicted octanol–water partition coefficient (Wildman–Crippen LogP) is 2.53. The Labute approximate surface area is 186 Å². The standard InChI is InChI=1S/C23H36N4O3S/c1-16(15-27-12-10-19(11-13-27)26(2)3)31(29,30)25-23(28)24-22-20-8-4-6-17(20)14-18-7-5-9-21(18)22/h14,16,19H,4-13,15H2,1-3H3,(H2,24,25,28). The molecule has 1 heterocycles. The summed E-state index contributed by atoms with van der Waals surface area (Å²) in [7, 11) is 0.430.